The van der Waals surface area contributed by atoms with Crippen LogP contribution >= 0.6 is 0 Å². The van der Waals surface area contributed by atoms with Gasteiger partial charge in [0.2, 0.25) is 15.9 Å². The Labute approximate surface area is 194 Å². The highest BCUT2D eigenvalue weighted by molar-refractivity contribution is 7.89. The molecule has 0 radical (unpaired) electrons. The second-order valence-corrected chi connectivity index (χ2v) is 10.2. The first-order valence-electron chi connectivity index (χ1n) is 11.3. The molecular weight excluding hydrogens is 442 g/mol. The number of nitrogens with one attached hydrogen (secondary N) is 2. The van der Waals surface area contributed by atoms with Crippen LogP contribution in [0.1, 0.15) is 36.0 Å². The SMILES string of the molecule is O=C(Nc1ccccc1)C1CCN(C(=O)c2cccc(S(=O)(=O)NC[C@H]3CCCO3)c2)CC1. The quantitative estimate of drug-likeness (QED) is 0.646. The maximum Gasteiger partial charge on any atom is 0.253 e. The average Bonchev–Trinajstić information content (AvgIpc) is 3.37. The number of hydrogen-bond donors (Lipinski definition) is 2. The second-order valence-electron chi connectivity index (χ2n) is 8.44. The molecule has 0 spiro atoms. The minimum atomic E-state index is -3.74. The zero-order chi connectivity index (χ0) is 23.3. The van der Waals surface area contributed by atoms with Gasteiger partial charge in [0.05, 0.1) is 11.0 Å². The van der Waals surface area contributed by atoms with Crippen molar-refractivity contribution in [3.05, 3.63) is 60.2 Å². The number of sulfonamides is 1. The smallest absolute Gasteiger partial charge is 0.253 e. The average molecular weight is 472 g/mol. The summed E-state index contributed by atoms with van der Waals surface area (Å²) < 4.78 is 33.4. The van der Waals surface area contributed by atoms with E-state index in [0.29, 0.717) is 38.1 Å². The van der Waals surface area contributed by atoms with Gasteiger partial charge in [0.1, 0.15) is 0 Å². The molecule has 2 saturated heterocycles. The molecule has 0 saturated carbocycles. The molecule has 0 aromatic heterocycles. The van der Waals surface area contributed by atoms with Gasteiger partial charge in [-0.2, -0.15) is 0 Å². The van der Waals surface area contributed by atoms with Crippen molar-refractivity contribution < 1.29 is 22.7 Å². The summed E-state index contributed by atoms with van der Waals surface area (Å²) in [5.74, 6) is -0.435. The zero-order valence-corrected chi connectivity index (χ0v) is 19.2. The van der Waals surface area contributed by atoms with E-state index >= 15 is 0 Å². The first-order chi connectivity index (χ1) is 15.9. The Hall–Kier alpha value is -2.75. The van der Waals surface area contributed by atoms with E-state index in [-0.39, 0.29) is 35.3 Å². The van der Waals surface area contributed by atoms with Gasteiger partial charge in [-0.15, -0.1) is 0 Å². The highest BCUT2D eigenvalue weighted by Crippen LogP contribution is 2.22. The molecule has 2 aromatic carbocycles. The number of nitrogens with zero attached hydrogens (tertiary/aromatic N) is 1. The fourth-order valence-electron chi connectivity index (χ4n) is 4.18. The normalized spacial score (nSPS) is 19.4. The van der Waals surface area contributed by atoms with Crippen LogP contribution in [-0.4, -0.2) is 57.5 Å². The predicted octanol–water partition coefficient (Wildman–Crippen LogP) is 2.63. The lowest BCUT2D eigenvalue weighted by molar-refractivity contribution is -0.121. The Morgan fingerprint density at radius 1 is 1.00 bits per heavy atom. The van der Waals surface area contributed by atoms with Crippen LogP contribution in [0, 0.1) is 5.92 Å². The van der Waals surface area contributed by atoms with Crippen molar-refractivity contribution in [1.29, 1.82) is 0 Å². The number of hydrogen-bond acceptors (Lipinski definition) is 5. The Balaban J connectivity index is 1.33. The summed E-state index contributed by atoms with van der Waals surface area (Å²) in [6, 6.07) is 15.4. The molecule has 0 bridgehead atoms. The van der Waals surface area contributed by atoms with Crippen LogP contribution in [0.2, 0.25) is 0 Å². The van der Waals surface area contributed by atoms with Crippen LogP contribution in [0.15, 0.2) is 59.5 Å². The summed E-state index contributed by atoms with van der Waals surface area (Å²) in [6.45, 7) is 1.76. The fraction of sp³-hybridized carbons (Fsp3) is 0.417. The van der Waals surface area contributed by atoms with Gasteiger partial charge in [0, 0.05) is 43.4 Å². The van der Waals surface area contributed by atoms with Crippen molar-refractivity contribution >= 4 is 27.5 Å². The van der Waals surface area contributed by atoms with Crippen molar-refractivity contribution in [1.82, 2.24) is 9.62 Å². The number of rotatable bonds is 7. The van der Waals surface area contributed by atoms with E-state index in [2.05, 4.69) is 10.0 Å². The van der Waals surface area contributed by atoms with Gasteiger partial charge in [-0.25, -0.2) is 13.1 Å². The molecule has 9 heteroatoms. The molecule has 0 unspecified atom stereocenters. The summed E-state index contributed by atoms with van der Waals surface area (Å²) in [5.41, 5.74) is 1.08. The van der Waals surface area contributed by atoms with E-state index in [1.165, 1.54) is 12.1 Å². The van der Waals surface area contributed by atoms with E-state index in [9.17, 15) is 18.0 Å². The van der Waals surface area contributed by atoms with E-state index in [1.807, 2.05) is 30.3 Å². The van der Waals surface area contributed by atoms with Crippen molar-refractivity contribution in [2.24, 2.45) is 5.92 Å². The molecular formula is C24H29N3O5S. The van der Waals surface area contributed by atoms with Gasteiger partial charge in [0.25, 0.3) is 5.91 Å². The van der Waals surface area contributed by atoms with Crippen LogP contribution < -0.4 is 10.0 Å². The molecule has 2 aromatic rings. The third-order valence-corrected chi connectivity index (χ3v) is 7.53. The first kappa shape index (κ1) is 23.4. The van der Waals surface area contributed by atoms with Crippen LogP contribution in [0.3, 0.4) is 0 Å². The molecule has 2 heterocycles. The van der Waals surface area contributed by atoms with Crippen molar-refractivity contribution in [2.45, 2.75) is 36.7 Å². The third kappa shape index (κ3) is 5.98. The maximum atomic E-state index is 13.0. The Morgan fingerprint density at radius 3 is 2.45 bits per heavy atom. The van der Waals surface area contributed by atoms with Crippen LogP contribution in [0.4, 0.5) is 5.69 Å². The molecule has 176 valence electrons. The fourth-order valence-corrected chi connectivity index (χ4v) is 5.29. The molecule has 0 aliphatic carbocycles. The first-order valence-corrected chi connectivity index (χ1v) is 12.8. The van der Waals surface area contributed by atoms with Gasteiger partial charge in [-0.3, -0.25) is 9.59 Å². The van der Waals surface area contributed by atoms with E-state index in [1.54, 1.807) is 17.0 Å². The summed E-state index contributed by atoms with van der Waals surface area (Å²) in [6.07, 6.45) is 2.78. The van der Waals surface area contributed by atoms with Crippen LogP contribution in [0.5, 0.6) is 0 Å². The largest absolute Gasteiger partial charge is 0.377 e. The van der Waals surface area contributed by atoms with Crippen LogP contribution in [-0.2, 0) is 19.6 Å². The molecule has 2 aliphatic rings. The molecule has 33 heavy (non-hydrogen) atoms. The molecule has 2 aliphatic heterocycles. The van der Waals surface area contributed by atoms with Crippen molar-refractivity contribution in [3.8, 4) is 0 Å². The number of para-hydroxylation sites is 1. The molecule has 4 rings (SSSR count). The predicted molar refractivity (Wildman–Crippen MR) is 124 cm³/mol. The lowest BCUT2D eigenvalue weighted by atomic mass is 9.95. The molecule has 2 amide bonds. The molecule has 1 atom stereocenters. The topological polar surface area (TPSA) is 105 Å². The lowest BCUT2D eigenvalue weighted by Gasteiger charge is -2.31. The van der Waals surface area contributed by atoms with Gasteiger partial charge in [0.15, 0.2) is 0 Å². The van der Waals surface area contributed by atoms with E-state index < -0.39 is 10.0 Å². The summed E-state index contributed by atoms with van der Waals surface area (Å²) >= 11 is 0. The number of carbonyl (C=O) groups is 2. The monoisotopic (exact) mass is 471 g/mol. The van der Waals surface area contributed by atoms with Crippen molar-refractivity contribution in [2.75, 3.05) is 31.6 Å². The number of ether oxygens (including phenoxy) is 1. The molecule has 2 N–H and O–H groups in total. The summed E-state index contributed by atoms with van der Waals surface area (Å²) in [5, 5.41) is 2.92. The third-order valence-electron chi connectivity index (χ3n) is 6.11. The number of benzene rings is 2. The van der Waals surface area contributed by atoms with Gasteiger partial charge < -0.3 is 15.0 Å². The minimum Gasteiger partial charge on any atom is -0.377 e. The number of anilines is 1. The standard InChI is InChI=1S/C24H29N3O5S/c28-23(26-20-7-2-1-3-8-20)18-11-13-27(14-12-18)24(29)19-6-4-10-22(16-19)33(30,31)25-17-21-9-5-15-32-21/h1-4,6-8,10,16,18,21,25H,5,9,11-15,17H2,(H,26,28)/t21-/m1/s1. The van der Waals surface area contributed by atoms with Gasteiger partial charge >= 0.3 is 0 Å². The van der Waals surface area contributed by atoms with Gasteiger partial charge in [-0.05, 0) is 56.0 Å². The lowest BCUT2D eigenvalue weighted by Crippen LogP contribution is -2.41. The number of piperidine rings is 1. The highest BCUT2D eigenvalue weighted by atomic mass is 32.2. The maximum absolute atomic E-state index is 13.0. The summed E-state index contributed by atoms with van der Waals surface area (Å²) in [7, 11) is -3.74. The number of likely N-dealkylation sites (tertiary alicyclic amines) is 1. The minimum absolute atomic E-state index is 0.0429. The Morgan fingerprint density at radius 2 is 1.76 bits per heavy atom. The second kappa shape index (κ2) is 10.5. The zero-order valence-electron chi connectivity index (χ0n) is 18.4. The summed E-state index contributed by atoms with van der Waals surface area (Å²) in [4.78, 5) is 27.3. The van der Waals surface area contributed by atoms with Crippen molar-refractivity contribution in [3.63, 3.8) is 0 Å². The number of amides is 2. The van der Waals surface area contributed by atoms with Crippen LogP contribution in [0.25, 0.3) is 0 Å². The Kier molecular flexibility index (Phi) is 7.42. The van der Waals surface area contributed by atoms with E-state index in [0.717, 1.165) is 18.5 Å². The Bertz CT molecular complexity index is 1080. The van der Waals surface area contributed by atoms with E-state index in [4.69, 9.17) is 4.74 Å². The number of carbonyl (C=O) groups excluding carboxylic acids is 2. The molecule has 8 nitrogen and oxygen atoms in total. The molecule has 2 fully saturated rings. The highest BCUT2D eigenvalue weighted by Gasteiger charge is 2.28. The van der Waals surface area contributed by atoms with Gasteiger partial charge in [-0.1, -0.05) is 24.3 Å².